The van der Waals surface area contributed by atoms with Gasteiger partial charge in [-0.05, 0) is 54.3 Å². The van der Waals surface area contributed by atoms with Crippen molar-refractivity contribution >= 4 is 10.8 Å². The van der Waals surface area contributed by atoms with Gasteiger partial charge in [-0.15, -0.1) is 0 Å². The van der Waals surface area contributed by atoms with Gasteiger partial charge in [0, 0.05) is 5.56 Å². The van der Waals surface area contributed by atoms with Crippen LogP contribution in [0.15, 0.2) is 66.7 Å². The molecule has 0 amide bonds. The number of halogens is 2. The summed E-state index contributed by atoms with van der Waals surface area (Å²) in [4.78, 5) is 0. The summed E-state index contributed by atoms with van der Waals surface area (Å²) in [5, 5.41) is 6.05. The summed E-state index contributed by atoms with van der Waals surface area (Å²) in [6.45, 7) is 1.81. The zero-order valence-electron chi connectivity index (χ0n) is 14.2. The summed E-state index contributed by atoms with van der Waals surface area (Å²) in [7, 11) is 0. The standard InChI is InChI=1S/C22H23F2N/c23-22(24)20-11-3-6-17(16-20)7-5-14-25-15-13-19-10-4-9-18-8-1-2-12-21(18)19/h1-4,6,8-12,16,22,25H,5,7,13-15H2. The fraction of sp³-hybridized carbons (Fsp3) is 0.273. The van der Waals surface area contributed by atoms with Gasteiger partial charge in [0.25, 0.3) is 6.43 Å². The summed E-state index contributed by atoms with van der Waals surface area (Å²) < 4.78 is 25.4. The first-order valence-corrected chi connectivity index (χ1v) is 8.78. The molecule has 0 unspecified atom stereocenters. The Hall–Kier alpha value is -2.26. The lowest BCUT2D eigenvalue weighted by molar-refractivity contribution is 0.151. The lowest BCUT2D eigenvalue weighted by Gasteiger charge is -2.08. The van der Waals surface area contributed by atoms with E-state index in [2.05, 4.69) is 47.8 Å². The van der Waals surface area contributed by atoms with Crippen LogP contribution in [-0.2, 0) is 12.8 Å². The fourth-order valence-electron chi connectivity index (χ4n) is 3.16. The summed E-state index contributed by atoms with van der Waals surface area (Å²) in [6.07, 6.45) is 0.366. The molecule has 0 saturated heterocycles. The molecule has 0 aromatic heterocycles. The molecular weight excluding hydrogens is 316 g/mol. The summed E-state index contributed by atoms with van der Waals surface area (Å²) >= 11 is 0. The second kappa shape index (κ2) is 8.72. The molecule has 0 radical (unpaired) electrons. The van der Waals surface area contributed by atoms with Crippen LogP contribution in [0.25, 0.3) is 10.8 Å². The third kappa shape index (κ3) is 4.86. The highest BCUT2D eigenvalue weighted by atomic mass is 19.3. The van der Waals surface area contributed by atoms with Crippen LogP contribution in [0.4, 0.5) is 8.78 Å². The van der Waals surface area contributed by atoms with Gasteiger partial charge in [0.1, 0.15) is 0 Å². The van der Waals surface area contributed by atoms with E-state index in [1.807, 2.05) is 6.07 Å². The Kier molecular flexibility index (Phi) is 6.13. The minimum absolute atomic E-state index is 0.112. The quantitative estimate of drug-likeness (QED) is 0.531. The Morgan fingerprint density at radius 3 is 2.48 bits per heavy atom. The molecule has 130 valence electrons. The largest absolute Gasteiger partial charge is 0.316 e. The monoisotopic (exact) mass is 339 g/mol. The molecule has 1 nitrogen and oxygen atoms in total. The van der Waals surface area contributed by atoms with Crippen molar-refractivity contribution in [3.8, 4) is 0 Å². The zero-order valence-corrected chi connectivity index (χ0v) is 14.2. The predicted octanol–water partition coefficient (Wildman–Crippen LogP) is 5.54. The van der Waals surface area contributed by atoms with Crippen molar-refractivity contribution in [2.75, 3.05) is 13.1 Å². The zero-order chi connectivity index (χ0) is 17.5. The molecule has 3 aromatic rings. The topological polar surface area (TPSA) is 12.0 Å². The number of rotatable bonds is 8. The maximum atomic E-state index is 12.7. The van der Waals surface area contributed by atoms with Crippen molar-refractivity contribution in [3.63, 3.8) is 0 Å². The first kappa shape index (κ1) is 17.6. The molecule has 0 atom stereocenters. The van der Waals surface area contributed by atoms with Crippen LogP contribution in [0.2, 0.25) is 0 Å². The van der Waals surface area contributed by atoms with Gasteiger partial charge in [-0.25, -0.2) is 8.78 Å². The minimum Gasteiger partial charge on any atom is -0.316 e. The molecule has 3 aromatic carbocycles. The number of hydrogen-bond acceptors (Lipinski definition) is 1. The van der Waals surface area contributed by atoms with Crippen LogP contribution in [0.5, 0.6) is 0 Å². The predicted molar refractivity (Wildman–Crippen MR) is 100 cm³/mol. The molecule has 25 heavy (non-hydrogen) atoms. The molecule has 0 aliphatic heterocycles. The van der Waals surface area contributed by atoms with Crippen molar-refractivity contribution in [2.24, 2.45) is 0 Å². The Balaban J connectivity index is 1.42. The average Bonchev–Trinajstić information content (AvgIpc) is 2.65. The highest BCUT2D eigenvalue weighted by Gasteiger charge is 2.06. The Labute approximate surface area is 147 Å². The summed E-state index contributed by atoms with van der Waals surface area (Å²) in [6, 6.07) is 21.6. The number of hydrogen-bond donors (Lipinski definition) is 1. The van der Waals surface area contributed by atoms with Crippen molar-refractivity contribution in [1.29, 1.82) is 0 Å². The van der Waals surface area contributed by atoms with Gasteiger partial charge in [-0.1, -0.05) is 66.7 Å². The third-order valence-electron chi connectivity index (χ3n) is 4.47. The third-order valence-corrected chi connectivity index (χ3v) is 4.47. The maximum Gasteiger partial charge on any atom is 0.263 e. The molecule has 1 N–H and O–H groups in total. The van der Waals surface area contributed by atoms with Gasteiger partial charge < -0.3 is 5.32 Å². The molecule has 3 rings (SSSR count). The number of alkyl halides is 2. The van der Waals surface area contributed by atoms with Gasteiger partial charge in [0.2, 0.25) is 0 Å². The van der Waals surface area contributed by atoms with Gasteiger partial charge in [-0.3, -0.25) is 0 Å². The Morgan fingerprint density at radius 1 is 0.800 bits per heavy atom. The maximum absolute atomic E-state index is 12.7. The van der Waals surface area contributed by atoms with E-state index >= 15 is 0 Å². The number of benzene rings is 3. The Bertz CT molecular complexity index is 808. The van der Waals surface area contributed by atoms with E-state index in [0.29, 0.717) is 0 Å². The van der Waals surface area contributed by atoms with E-state index < -0.39 is 6.43 Å². The van der Waals surface area contributed by atoms with E-state index in [1.165, 1.54) is 22.4 Å². The van der Waals surface area contributed by atoms with Gasteiger partial charge in [0.15, 0.2) is 0 Å². The normalized spacial score (nSPS) is 11.3. The smallest absolute Gasteiger partial charge is 0.263 e. The molecule has 0 fully saturated rings. The average molecular weight is 339 g/mol. The van der Waals surface area contributed by atoms with E-state index in [9.17, 15) is 8.78 Å². The lowest BCUT2D eigenvalue weighted by atomic mass is 10.0. The van der Waals surface area contributed by atoms with Crippen molar-refractivity contribution < 1.29 is 8.78 Å². The molecule has 0 aliphatic carbocycles. The van der Waals surface area contributed by atoms with E-state index in [4.69, 9.17) is 0 Å². The first-order chi connectivity index (χ1) is 12.2. The van der Waals surface area contributed by atoms with Crippen molar-refractivity contribution in [2.45, 2.75) is 25.7 Å². The highest BCUT2D eigenvalue weighted by Crippen LogP contribution is 2.20. The van der Waals surface area contributed by atoms with Gasteiger partial charge in [0.05, 0.1) is 0 Å². The molecule has 3 heteroatoms. The van der Waals surface area contributed by atoms with Crippen molar-refractivity contribution in [1.82, 2.24) is 5.32 Å². The molecule has 0 heterocycles. The van der Waals surface area contributed by atoms with Gasteiger partial charge >= 0.3 is 0 Å². The molecular formula is C22H23F2N. The van der Waals surface area contributed by atoms with Crippen LogP contribution in [0.1, 0.15) is 29.5 Å². The van der Waals surface area contributed by atoms with Crippen molar-refractivity contribution in [3.05, 3.63) is 83.4 Å². The van der Waals surface area contributed by atoms with Crippen LogP contribution in [-0.4, -0.2) is 13.1 Å². The molecule has 0 aliphatic rings. The first-order valence-electron chi connectivity index (χ1n) is 8.78. The highest BCUT2D eigenvalue weighted by molar-refractivity contribution is 5.85. The molecule has 0 spiro atoms. The van der Waals surface area contributed by atoms with E-state index in [1.54, 1.807) is 12.1 Å². The number of fused-ring (bicyclic) bond motifs is 1. The molecule has 0 bridgehead atoms. The Morgan fingerprint density at radius 2 is 1.60 bits per heavy atom. The van der Waals surface area contributed by atoms with E-state index in [-0.39, 0.29) is 5.56 Å². The van der Waals surface area contributed by atoms with Gasteiger partial charge in [-0.2, -0.15) is 0 Å². The second-order valence-electron chi connectivity index (χ2n) is 6.29. The summed E-state index contributed by atoms with van der Waals surface area (Å²) in [5.74, 6) is 0. The second-order valence-corrected chi connectivity index (χ2v) is 6.29. The van der Waals surface area contributed by atoms with Crippen LogP contribution < -0.4 is 5.32 Å². The number of nitrogens with one attached hydrogen (secondary N) is 1. The molecule has 0 saturated carbocycles. The SMILES string of the molecule is FC(F)c1cccc(CCCNCCc2cccc3ccccc23)c1. The van der Waals surface area contributed by atoms with Crippen LogP contribution >= 0.6 is 0 Å². The van der Waals surface area contributed by atoms with Crippen LogP contribution in [0.3, 0.4) is 0 Å². The summed E-state index contributed by atoms with van der Waals surface area (Å²) in [5.41, 5.74) is 2.45. The number of aryl methyl sites for hydroxylation is 1. The van der Waals surface area contributed by atoms with Crippen LogP contribution in [0, 0.1) is 0 Å². The minimum atomic E-state index is -2.39. The fourth-order valence-corrected chi connectivity index (χ4v) is 3.16. The van der Waals surface area contributed by atoms with E-state index in [0.717, 1.165) is 37.9 Å². The lowest BCUT2D eigenvalue weighted by Crippen LogP contribution is -2.19.